The summed E-state index contributed by atoms with van der Waals surface area (Å²) in [5.74, 6) is -0.263. The van der Waals surface area contributed by atoms with Gasteiger partial charge in [0.25, 0.3) is 0 Å². The fourth-order valence-electron chi connectivity index (χ4n) is 1.27. The standard InChI is InChI=1S/C11H13F2NO3/c12-11(13)17-9-3-1-2-8(6-9)7-10(16)14-4-5-15/h1-3,6,11,15H,4-5,7H2,(H,14,16). The van der Waals surface area contributed by atoms with Crippen LogP contribution in [0.1, 0.15) is 5.56 Å². The van der Waals surface area contributed by atoms with Gasteiger partial charge in [0, 0.05) is 6.54 Å². The van der Waals surface area contributed by atoms with E-state index in [0.29, 0.717) is 5.56 Å². The zero-order valence-electron chi connectivity index (χ0n) is 9.03. The molecule has 0 radical (unpaired) electrons. The maximum Gasteiger partial charge on any atom is 0.387 e. The molecule has 0 saturated heterocycles. The Morgan fingerprint density at radius 1 is 1.47 bits per heavy atom. The molecule has 0 fully saturated rings. The monoisotopic (exact) mass is 245 g/mol. The van der Waals surface area contributed by atoms with E-state index in [9.17, 15) is 13.6 Å². The van der Waals surface area contributed by atoms with Gasteiger partial charge in [0.15, 0.2) is 0 Å². The first-order valence-electron chi connectivity index (χ1n) is 5.03. The number of carbonyl (C=O) groups excluding carboxylic acids is 1. The zero-order valence-corrected chi connectivity index (χ0v) is 9.03. The second kappa shape index (κ2) is 6.80. The molecule has 1 amide bonds. The predicted molar refractivity (Wildman–Crippen MR) is 56.9 cm³/mol. The van der Waals surface area contributed by atoms with E-state index in [2.05, 4.69) is 10.1 Å². The molecule has 0 bridgehead atoms. The van der Waals surface area contributed by atoms with Crippen molar-refractivity contribution in [3.63, 3.8) is 0 Å². The molecule has 1 aromatic rings. The van der Waals surface area contributed by atoms with Crippen LogP contribution in [0.25, 0.3) is 0 Å². The van der Waals surface area contributed by atoms with Crippen LogP contribution in [0.4, 0.5) is 8.78 Å². The number of hydrogen-bond donors (Lipinski definition) is 2. The second-order valence-corrected chi connectivity index (χ2v) is 3.28. The summed E-state index contributed by atoms with van der Waals surface area (Å²) in [5, 5.41) is 11.0. The molecule has 0 unspecified atom stereocenters. The van der Waals surface area contributed by atoms with E-state index in [1.807, 2.05) is 0 Å². The first-order valence-corrected chi connectivity index (χ1v) is 5.03. The molecular formula is C11H13F2NO3. The summed E-state index contributed by atoms with van der Waals surface area (Å²) in [7, 11) is 0. The van der Waals surface area contributed by atoms with Gasteiger partial charge in [0.05, 0.1) is 13.0 Å². The Morgan fingerprint density at radius 3 is 2.88 bits per heavy atom. The molecular weight excluding hydrogens is 232 g/mol. The second-order valence-electron chi connectivity index (χ2n) is 3.28. The van der Waals surface area contributed by atoms with Gasteiger partial charge in [-0.15, -0.1) is 0 Å². The SMILES string of the molecule is O=C(Cc1cccc(OC(F)F)c1)NCCO. The smallest absolute Gasteiger partial charge is 0.387 e. The lowest BCUT2D eigenvalue weighted by Gasteiger charge is -2.07. The van der Waals surface area contributed by atoms with Gasteiger partial charge >= 0.3 is 6.61 Å². The van der Waals surface area contributed by atoms with Crippen molar-refractivity contribution in [1.82, 2.24) is 5.32 Å². The Hall–Kier alpha value is -1.69. The third-order valence-corrected chi connectivity index (χ3v) is 1.92. The Bertz CT molecular complexity index is 371. The van der Waals surface area contributed by atoms with Crippen LogP contribution >= 0.6 is 0 Å². The van der Waals surface area contributed by atoms with Crippen LogP contribution in [0, 0.1) is 0 Å². The number of alkyl halides is 2. The highest BCUT2D eigenvalue weighted by molar-refractivity contribution is 5.78. The van der Waals surface area contributed by atoms with Crippen LogP contribution in [0.15, 0.2) is 24.3 Å². The Kier molecular flexibility index (Phi) is 5.35. The van der Waals surface area contributed by atoms with Gasteiger partial charge < -0.3 is 15.2 Å². The number of hydrogen-bond acceptors (Lipinski definition) is 3. The van der Waals surface area contributed by atoms with E-state index in [1.54, 1.807) is 6.07 Å². The molecule has 0 saturated carbocycles. The summed E-state index contributed by atoms with van der Waals surface area (Å²) in [5.41, 5.74) is 0.568. The number of halogens is 2. The number of amides is 1. The zero-order chi connectivity index (χ0) is 12.7. The highest BCUT2D eigenvalue weighted by Gasteiger charge is 2.07. The first kappa shape index (κ1) is 13.4. The molecule has 1 rings (SSSR count). The van der Waals surface area contributed by atoms with Gasteiger partial charge in [-0.2, -0.15) is 8.78 Å². The molecule has 94 valence electrons. The van der Waals surface area contributed by atoms with E-state index in [1.165, 1.54) is 18.2 Å². The largest absolute Gasteiger partial charge is 0.435 e. The van der Waals surface area contributed by atoms with E-state index < -0.39 is 6.61 Å². The summed E-state index contributed by atoms with van der Waals surface area (Å²) in [6.45, 7) is -2.85. The van der Waals surface area contributed by atoms with Crippen LogP contribution in [0.2, 0.25) is 0 Å². The fraction of sp³-hybridized carbons (Fsp3) is 0.364. The molecule has 0 spiro atoms. The van der Waals surface area contributed by atoms with Crippen molar-refractivity contribution in [2.24, 2.45) is 0 Å². The summed E-state index contributed by atoms with van der Waals surface area (Å²) in [4.78, 5) is 11.3. The van der Waals surface area contributed by atoms with E-state index in [4.69, 9.17) is 5.11 Å². The molecule has 0 heterocycles. The fourth-order valence-corrected chi connectivity index (χ4v) is 1.27. The van der Waals surface area contributed by atoms with Gasteiger partial charge in [0.2, 0.25) is 5.91 Å². The van der Waals surface area contributed by atoms with Crippen molar-refractivity contribution in [3.05, 3.63) is 29.8 Å². The molecule has 6 heteroatoms. The number of rotatable bonds is 6. The van der Waals surface area contributed by atoms with Crippen LogP contribution in [0.5, 0.6) is 5.75 Å². The van der Waals surface area contributed by atoms with Crippen molar-refractivity contribution in [2.75, 3.05) is 13.2 Å². The van der Waals surface area contributed by atoms with Crippen LogP contribution in [0.3, 0.4) is 0 Å². The predicted octanol–water partition coefficient (Wildman–Crippen LogP) is 0.939. The average Bonchev–Trinajstić information content (AvgIpc) is 2.26. The molecule has 1 aromatic carbocycles. The minimum absolute atomic E-state index is 0.0208. The van der Waals surface area contributed by atoms with Gasteiger partial charge in [0.1, 0.15) is 5.75 Å². The lowest BCUT2D eigenvalue weighted by Crippen LogP contribution is -2.27. The summed E-state index contributed by atoms with van der Waals surface area (Å²) < 4.78 is 28.1. The maximum atomic E-state index is 12.0. The minimum Gasteiger partial charge on any atom is -0.435 e. The van der Waals surface area contributed by atoms with Crippen molar-refractivity contribution in [2.45, 2.75) is 13.0 Å². The van der Waals surface area contributed by atoms with Gasteiger partial charge in [-0.05, 0) is 17.7 Å². The van der Waals surface area contributed by atoms with Crippen LogP contribution in [-0.4, -0.2) is 30.8 Å². The highest BCUT2D eigenvalue weighted by Crippen LogP contribution is 2.16. The summed E-state index contributed by atoms with van der Waals surface area (Å²) >= 11 is 0. The molecule has 4 nitrogen and oxygen atoms in total. The normalized spacial score (nSPS) is 10.4. The Morgan fingerprint density at radius 2 is 2.24 bits per heavy atom. The average molecular weight is 245 g/mol. The minimum atomic E-state index is -2.88. The number of ether oxygens (including phenoxy) is 1. The molecule has 0 aliphatic rings. The molecule has 0 aromatic heterocycles. The highest BCUT2D eigenvalue weighted by atomic mass is 19.3. The maximum absolute atomic E-state index is 12.0. The van der Waals surface area contributed by atoms with Gasteiger partial charge in [-0.1, -0.05) is 12.1 Å². The third kappa shape index (κ3) is 5.26. The number of carbonyl (C=O) groups is 1. The van der Waals surface area contributed by atoms with Crippen molar-refractivity contribution in [1.29, 1.82) is 0 Å². The van der Waals surface area contributed by atoms with Gasteiger partial charge in [-0.25, -0.2) is 0 Å². The van der Waals surface area contributed by atoms with Crippen LogP contribution in [-0.2, 0) is 11.2 Å². The van der Waals surface area contributed by atoms with Crippen molar-refractivity contribution in [3.8, 4) is 5.75 Å². The number of nitrogens with one attached hydrogen (secondary N) is 1. The number of aliphatic hydroxyl groups excluding tert-OH is 1. The first-order chi connectivity index (χ1) is 8.11. The lowest BCUT2D eigenvalue weighted by molar-refractivity contribution is -0.120. The topological polar surface area (TPSA) is 58.6 Å². The van der Waals surface area contributed by atoms with Crippen molar-refractivity contribution < 1.29 is 23.4 Å². The summed E-state index contributed by atoms with van der Waals surface area (Å²) in [6, 6.07) is 5.94. The van der Waals surface area contributed by atoms with E-state index in [-0.39, 0.29) is 31.2 Å². The molecule has 0 atom stereocenters. The molecule has 2 N–H and O–H groups in total. The molecule has 0 aliphatic carbocycles. The Balaban J connectivity index is 2.56. The summed E-state index contributed by atoms with van der Waals surface area (Å²) in [6.07, 6.45) is 0.0560. The van der Waals surface area contributed by atoms with Crippen LogP contribution < -0.4 is 10.1 Å². The molecule has 0 aliphatic heterocycles. The van der Waals surface area contributed by atoms with Gasteiger partial charge in [-0.3, -0.25) is 4.79 Å². The Labute approximate surface area is 97.2 Å². The quantitative estimate of drug-likeness (QED) is 0.784. The number of benzene rings is 1. The van der Waals surface area contributed by atoms with Crippen molar-refractivity contribution >= 4 is 5.91 Å². The third-order valence-electron chi connectivity index (χ3n) is 1.92. The lowest BCUT2D eigenvalue weighted by atomic mass is 10.1. The van der Waals surface area contributed by atoms with E-state index >= 15 is 0 Å². The van der Waals surface area contributed by atoms with E-state index in [0.717, 1.165) is 0 Å². The molecule has 17 heavy (non-hydrogen) atoms. The number of aliphatic hydroxyl groups is 1.